The standard InChI is InChI=1S/C25H40O4.C2H6.CH4O/c1-5-29-23(27)19-7-9-21-18-10-12-24(2)14-16(15-28-4)6-8-20(24)17(18)11-13-25(21,3)22(19)26;2*1-2/h16-21H,5-15H2,1-4H3;1-2H3;2H,1H3. The molecule has 1 N–H and O–H groups in total. The number of rotatable bonds is 4. The minimum atomic E-state index is -0.522. The quantitative estimate of drug-likeness (QED) is 0.426. The number of carbonyl (C=O) groups is 2. The van der Waals surface area contributed by atoms with Crippen molar-refractivity contribution >= 4 is 11.8 Å². The zero-order valence-electron chi connectivity index (χ0n) is 22.3. The highest BCUT2D eigenvalue weighted by Gasteiger charge is 2.60. The number of Topliss-reactive ketones (excluding diaryl/α,β-unsaturated/α-hetero) is 1. The van der Waals surface area contributed by atoms with Crippen LogP contribution < -0.4 is 0 Å². The molecule has 0 saturated heterocycles. The highest BCUT2D eigenvalue weighted by Crippen LogP contribution is 2.64. The van der Waals surface area contributed by atoms with Gasteiger partial charge in [-0.05, 0) is 99.7 Å². The number of methoxy groups -OCH3 is 1. The third kappa shape index (κ3) is 5.34. The van der Waals surface area contributed by atoms with E-state index in [-0.39, 0.29) is 17.2 Å². The molecule has 0 radical (unpaired) electrons. The second kappa shape index (κ2) is 12.2. The van der Waals surface area contributed by atoms with Crippen LogP contribution in [0, 0.1) is 46.3 Å². The molecule has 8 atom stereocenters. The van der Waals surface area contributed by atoms with E-state index in [4.69, 9.17) is 14.6 Å². The van der Waals surface area contributed by atoms with E-state index >= 15 is 0 Å². The second-order valence-electron chi connectivity index (χ2n) is 11.0. The van der Waals surface area contributed by atoms with Gasteiger partial charge in [-0.1, -0.05) is 27.7 Å². The maximum Gasteiger partial charge on any atom is 0.316 e. The Bertz CT molecular complexity index is 648. The van der Waals surface area contributed by atoms with E-state index in [9.17, 15) is 9.59 Å². The number of aliphatic hydroxyl groups is 1. The predicted octanol–water partition coefficient (Wildman–Crippen LogP) is 5.67. The summed E-state index contributed by atoms with van der Waals surface area (Å²) in [4.78, 5) is 25.8. The fourth-order valence-corrected chi connectivity index (χ4v) is 8.30. The summed E-state index contributed by atoms with van der Waals surface area (Å²) in [6.07, 6.45) is 10.3. The lowest BCUT2D eigenvalue weighted by molar-refractivity contribution is -0.168. The second-order valence-corrected chi connectivity index (χ2v) is 11.0. The van der Waals surface area contributed by atoms with E-state index in [0.717, 1.165) is 44.8 Å². The van der Waals surface area contributed by atoms with Crippen LogP contribution in [0.25, 0.3) is 0 Å². The molecule has 5 nitrogen and oxygen atoms in total. The minimum Gasteiger partial charge on any atom is -0.465 e. The number of carbonyl (C=O) groups excluding carboxylic acids is 2. The highest BCUT2D eigenvalue weighted by molar-refractivity contribution is 6.02. The van der Waals surface area contributed by atoms with Gasteiger partial charge in [-0.15, -0.1) is 0 Å². The van der Waals surface area contributed by atoms with Crippen molar-refractivity contribution in [2.45, 2.75) is 92.4 Å². The van der Waals surface area contributed by atoms with Crippen LogP contribution in [0.1, 0.15) is 92.4 Å². The zero-order chi connectivity index (χ0) is 24.8. The summed E-state index contributed by atoms with van der Waals surface area (Å²) in [5.41, 5.74) is 0.125. The summed E-state index contributed by atoms with van der Waals surface area (Å²) in [6, 6.07) is 0. The molecule has 4 rings (SSSR count). The van der Waals surface area contributed by atoms with Crippen molar-refractivity contribution < 1.29 is 24.2 Å². The van der Waals surface area contributed by atoms with E-state index in [0.29, 0.717) is 36.2 Å². The Morgan fingerprint density at radius 1 is 0.970 bits per heavy atom. The number of fused-ring (bicyclic) bond motifs is 5. The number of hydrogen-bond donors (Lipinski definition) is 1. The van der Waals surface area contributed by atoms with Crippen LogP contribution in [-0.2, 0) is 19.1 Å². The average Bonchev–Trinajstić information content (AvgIpc) is 2.82. The van der Waals surface area contributed by atoms with Crippen molar-refractivity contribution in [3.63, 3.8) is 0 Å². The van der Waals surface area contributed by atoms with Gasteiger partial charge in [0.25, 0.3) is 0 Å². The monoisotopic (exact) mass is 466 g/mol. The fraction of sp³-hybridized carbons (Fsp3) is 0.929. The summed E-state index contributed by atoms with van der Waals surface area (Å²) < 4.78 is 10.7. The van der Waals surface area contributed by atoms with Gasteiger partial charge >= 0.3 is 5.97 Å². The Labute approximate surface area is 202 Å². The summed E-state index contributed by atoms with van der Waals surface area (Å²) in [7, 11) is 2.83. The van der Waals surface area contributed by atoms with Gasteiger partial charge in [-0.2, -0.15) is 0 Å². The molecule has 0 aliphatic heterocycles. The zero-order valence-corrected chi connectivity index (χ0v) is 22.3. The summed E-state index contributed by atoms with van der Waals surface area (Å²) >= 11 is 0. The van der Waals surface area contributed by atoms with Crippen molar-refractivity contribution in [1.82, 2.24) is 0 Å². The van der Waals surface area contributed by atoms with Crippen LogP contribution in [0.2, 0.25) is 0 Å². The van der Waals surface area contributed by atoms with Crippen LogP contribution in [0.4, 0.5) is 0 Å². The van der Waals surface area contributed by atoms with Gasteiger partial charge in [0.1, 0.15) is 5.92 Å². The Balaban J connectivity index is 0.000000914. The normalized spacial score (nSPS) is 41.6. The molecule has 8 unspecified atom stereocenters. The molecule has 0 bridgehead atoms. The van der Waals surface area contributed by atoms with E-state index < -0.39 is 5.92 Å². The van der Waals surface area contributed by atoms with Crippen molar-refractivity contribution in [1.29, 1.82) is 0 Å². The van der Waals surface area contributed by atoms with Crippen LogP contribution >= 0.6 is 0 Å². The molecule has 33 heavy (non-hydrogen) atoms. The van der Waals surface area contributed by atoms with Crippen LogP contribution in [0.15, 0.2) is 0 Å². The summed E-state index contributed by atoms with van der Waals surface area (Å²) in [6.45, 7) is 11.8. The van der Waals surface area contributed by atoms with E-state index in [1.165, 1.54) is 32.1 Å². The van der Waals surface area contributed by atoms with Crippen LogP contribution in [0.5, 0.6) is 0 Å². The molecule has 0 heterocycles. The molecular formula is C28H50O5. The highest BCUT2D eigenvalue weighted by atomic mass is 16.5. The smallest absolute Gasteiger partial charge is 0.316 e. The first kappa shape index (κ1) is 28.3. The largest absolute Gasteiger partial charge is 0.465 e. The third-order valence-electron chi connectivity index (χ3n) is 9.60. The molecule has 0 aromatic carbocycles. The third-order valence-corrected chi connectivity index (χ3v) is 9.60. The molecule has 0 amide bonds. The fourth-order valence-electron chi connectivity index (χ4n) is 8.30. The minimum absolute atomic E-state index is 0.183. The van der Waals surface area contributed by atoms with Gasteiger partial charge in [0.05, 0.1) is 6.61 Å². The summed E-state index contributed by atoms with van der Waals surface area (Å²) in [5.74, 6) is 2.78. The van der Waals surface area contributed by atoms with Gasteiger partial charge in [0.2, 0.25) is 0 Å². The molecule has 0 aromatic heterocycles. The van der Waals surface area contributed by atoms with E-state index in [1.54, 1.807) is 0 Å². The molecule has 4 aliphatic rings. The molecule has 4 saturated carbocycles. The van der Waals surface area contributed by atoms with Gasteiger partial charge < -0.3 is 14.6 Å². The van der Waals surface area contributed by atoms with E-state index in [1.807, 2.05) is 27.9 Å². The first-order chi connectivity index (χ1) is 15.8. The molecule has 5 heteroatoms. The van der Waals surface area contributed by atoms with Gasteiger partial charge in [-0.3, -0.25) is 9.59 Å². The molecular weight excluding hydrogens is 416 g/mol. The Kier molecular flexibility index (Phi) is 10.4. The van der Waals surface area contributed by atoms with Crippen LogP contribution in [0.3, 0.4) is 0 Å². The van der Waals surface area contributed by atoms with Gasteiger partial charge in [0.15, 0.2) is 5.78 Å². The Hall–Kier alpha value is -0.940. The van der Waals surface area contributed by atoms with Crippen molar-refractivity contribution in [3.05, 3.63) is 0 Å². The average molecular weight is 467 g/mol. The first-order valence-electron chi connectivity index (χ1n) is 13.5. The maximum absolute atomic E-state index is 13.4. The number of ketones is 1. The SMILES string of the molecule is CC.CCOC(=O)C1CCC2C3CCC4(C)CC(COC)CCC4C3CCC2(C)C1=O.CO. The van der Waals surface area contributed by atoms with Crippen molar-refractivity contribution in [2.24, 2.45) is 46.3 Å². The number of esters is 1. The molecule has 4 aliphatic carbocycles. The molecule has 0 spiro atoms. The number of aliphatic hydroxyl groups excluding tert-OH is 1. The number of ether oxygens (including phenoxy) is 2. The van der Waals surface area contributed by atoms with Gasteiger partial charge in [0, 0.05) is 26.2 Å². The number of hydrogen-bond acceptors (Lipinski definition) is 5. The lowest BCUT2D eigenvalue weighted by atomic mass is 9.43. The van der Waals surface area contributed by atoms with Crippen molar-refractivity contribution in [2.75, 3.05) is 27.4 Å². The maximum atomic E-state index is 13.4. The molecule has 4 fully saturated rings. The topological polar surface area (TPSA) is 72.8 Å². The van der Waals surface area contributed by atoms with Crippen LogP contribution in [-0.4, -0.2) is 44.3 Å². The lowest BCUT2D eigenvalue weighted by Gasteiger charge is -2.61. The first-order valence-corrected chi connectivity index (χ1v) is 13.5. The Morgan fingerprint density at radius 2 is 1.58 bits per heavy atom. The lowest BCUT2D eigenvalue weighted by Crippen LogP contribution is -2.57. The van der Waals surface area contributed by atoms with Gasteiger partial charge in [-0.25, -0.2) is 0 Å². The molecule has 0 aromatic rings. The molecule has 192 valence electrons. The summed E-state index contributed by atoms with van der Waals surface area (Å²) in [5, 5.41) is 7.00. The van der Waals surface area contributed by atoms with Crippen molar-refractivity contribution in [3.8, 4) is 0 Å². The predicted molar refractivity (Wildman–Crippen MR) is 132 cm³/mol. The van der Waals surface area contributed by atoms with E-state index in [2.05, 4.69) is 13.8 Å². The Morgan fingerprint density at radius 3 is 2.21 bits per heavy atom.